The van der Waals surface area contributed by atoms with Crippen LogP contribution < -0.4 is 0 Å². The molecule has 0 aromatic carbocycles. The molecule has 1 saturated heterocycles. The van der Waals surface area contributed by atoms with Crippen molar-refractivity contribution in [1.29, 1.82) is 0 Å². The highest BCUT2D eigenvalue weighted by Crippen LogP contribution is 2.47. The normalized spacial score (nSPS) is 39.4. The minimum absolute atomic E-state index is 0.101. The first-order chi connectivity index (χ1) is 5.54. The number of Topliss-reactive ketones (excluding diaryl/α,β-unsaturated/α-hetero) is 1. The van der Waals surface area contributed by atoms with E-state index in [0.29, 0.717) is 0 Å². The molecule has 1 saturated carbocycles. The van der Waals surface area contributed by atoms with Gasteiger partial charge < -0.3 is 4.74 Å². The Hall–Kier alpha value is -0.630. The molecule has 1 aliphatic carbocycles. The third-order valence-electron chi connectivity index (χ3n) is 2.89. The number of epoxide rings is 1. The summed E-state index contributed by atoms with van der Waals surface area (Å²) in [5, 5.41) is 0. The number of allylic oxidation sites excluding steroid dienone is 1. The summed E-state index contributed by atoms with van der Waals surface area (Å²) >= 11 is 0. The highest BCUT2D eigenvalue weighted by molar-refractivity contribution is 6.02. The van der Waals surface area contributed by atoms with Crippen LogP contribution in [0.5, 0.6) is 0 Å². The quantitative estimate of drug-likeness (QED) is 0.406. The predicted octanol–water partition coefficient (Wildman–Crippen LogP) is 1.84. The molecule has 0 bridgehead atoms. The molecule has 1 aliphatic heterocycles. The van der Waals surface area contributed by atoms with Crippen LogP contribution in [0.2, 0.25) is 0 Å². The summed E-state index contributed by atoms with van der Waals surface area (Å²) in [5.41, 5.74) is 2.04. The smallest absolute Gasteiger partial charge is 0.190 e. The Morgan fingerprint density at radius 1 is 1.58 bits per heavy atom. The van der Waals surface area contributed by atoms with E-state index in [1.807, 2.05) is 20.8 Å². The number of ketones is 1. The van der Waals surface area contributed by atoms with Crippen molar-refractivity contribution in [2.45, 2.75) is 45.3 Å². The number of fused-ring (bicyclic) bond motifs is 1. The summed E-state index contributed by atoms with van der Waals surface area (Å²) in [6.07, 6.45) is 1.79. The van der Waals surface area contributed by atoms with E-state index < -0.39 is 0 Å². The molecular formula is C10H14O2. The Balaban J connectivity index is 2.26. The van der Waals surface area contributed by atoms with Crippen molar-refractivity contribution in [3.8, 4) is 0 Å². The average Bonchev–Trinajstić information content (AvgIpc) is 2.62. The van der Waals surface area contributed by atoms with Crippen molar-refractivity contribution in [2.75, 3.05) is 0 Å². The van der Waals surface area contributed by atoms with Gasteiger partial charge >= 0.3 is 0 Å². The maximum Gasteiger partial charge on any atom is 0.190 e. The van der Waals surface area contributed by atoms with Crippen LogP contribution in [0.4, 0.5) is 0 Å². The van der Waals surface area contributed by atoms with E-state index in [1.165, 1.54) is 0 Å². The summed E-state index contributed by atoms with van der Waals surface area (Å²) in [4.78, 5) is 11.6. The summed E-state index contributed by atoms with van der Waals surface area (Å²) in [6, 6.07) is 0. The molecule has 1 heterocycles. The topological polar surface area (TPSA) is 29.6 Å². The van der Waals surface area contributed by atoms with Crippen molar-refractivity contribution in [1.82, 2.24) is 0 Å². The highest BCUT2D eigenvalue weighted by atomic mass is 16.6. The largest absolute Gasteiger partial charge is 0.358 e. The molecule has 2 nitrogen and oxygen atoms in total. The number of carbonyl (C=O) groups is 1. The molecule has 2 atom stereocenters. The van der Waals surface area contributed by atoms with Gasteiger partial charge in [0.2, 0.25) is 0 Å². The van der Waals surface area contributed by atoms with Gasteiger partial charge in [-0.05, 0) is 39.2 Å². The van der Waals surface area contributed by atoms with Gasteiger partial charge in [-0.1, -0.05) is 5.57 Å². The van der Waals surface area contributed by atoms with Gasteiger partial charge in [0.25, 0.3) is 0 Å². The van der Waals surface area contributed by atoms with Gasteiger partial charge in [0.05, 0.1) is 0 Å². The van der Waals surface area contributed by atoms with E-state index in [9.17, 15) is 4.79 Å². The molecule has 0 spiro atoms. The van der Waals surface area contributed by atoms with Crippen LogP contribution in [0.15, 0.2) is 11.1 Å². The van der Waals surface area contributed by atoms with Crippen molar-refractivity contribution >= 4 is 5.78 Å². The molecule has 12 heavy (non-hydrogen) atoms. The van der Waals surface area contributed by atoms with Crippen molar-refractivity contribution in [2.24, 2.45) is 0 Å². The Labute approximate surface area is 72.6 Å². The first-order valence-electron chi connectivity index (χ1n) is 4.43. The molecule has 2 rings (SSSR count). The molecule has 2 fully saturated rings. The number of carbonyl (C=O) groups excluding carboxylic acids is 1. The van der Waals surface area contributed by atoms with Crippen molar-refractivity contribution in [3.05, 3.63) is 11.1 Å². The fraction of sp³-hybridized carbons (Fsp3) is 0.700. The second kappa shape index (κ2) is 2.19. The number of hydrogen-bond donors (Lipinski definition) is 0. The summed E-state index contributed by atoms with van der Waals surface area (Å²) < 4.78 is 5.37. The lowest BCUT2D eigenvalue weighted by Crippen LogP contribution is -2.26. The van der Waals surface area contributed by atoms with Crippen molar-refractivity contribution < 1.29 is 9.53 Å². The lowest BCUT2D eigenvalue weighted by atomic mass is 9.84. The van der Waals surface area contributed by atoms with Crippen LogP contribution in [-0.4, -0.2) is 17.5 Å². The lowest BCUT2D eigenvalue weighted by Gasteiger charge is -2.15. The minimum atomic E-state index is -0.115. The van der Waals surface area contributed by atoms with Crippen LogP contribution in [0.3, 0.4) is 0 Å². The van der Waals surface area contributed by atoms with Crippen LogP contribution in [0.1, 0.15) is 33.6 Å². The summed E-state index contributed by atoms with van der Waals surface area (Å²) in [6.45, 7) is 6.02. The van der Waals surface area contributed by atoms with Gasteiger partial charge in [0, 0.05) is 0 Å². The molecule has 0 aromatic rings. The summed E-state index contributed by atoms with van der Waals surface area (Å²) in [5.74, 6) is 0.226. The van der Waals surface area contributed by atoms with Crippen LogP contribution in [0, 0.1) is 0 Å². The Bertz CT molecular complexity index is 274. The van der Waals surface area contributed by atoms with E-state index in [2.05, 4.69) is 0 Å². The Morgan fingerprint density at radius 3 is 2.83 bits per heavy atom. The zero-order valence-corrected chi connectivity index (χ0v) is 7.81. The molecule has 2 aliphatic rings. The standard InChI is InChI=1S/C10H14O2/c1-6(2)7-4-5-10(3)9(12-10)8(7)11/h9H,4-5H2,1-3H3/t9-,10?/m1/s1. The second-order valence-electron chi connectivity index (χ2n) is 4.15. The lowest BCUT2D eigenvalue weighted by molar-refractivity contribution is -0.117. The number of ether oxygens (including phenoxy) is 1. The van der Waals surface area contributed by atoms with E-state index >= 15 is 0 Å². The SMILES string of the molecule is CC(C)=C1CCC2(C)O[C@@H]2C1=O. The van der Waals surface area contributed by atoms with E-state index in [4.69, 9.17) is 4.74 Å². The Morgan fingerprint density at radius 2 is 2.25 bits per heavy atom. The monoisotopic (exact) mass is 166 g/mol. The van der Waals surface area contributed by atoms with E-state index in [0.717, 1.165) is 24.0 Å². The number of hydrogen-bond acceptors (Lipinski definition) is 2. The number of rotatable bonds is 0. The van der Waals surface area contributed by atoms with Crippen LogP contribution in [-0.2, 0) is 9.53 Å². The molecule has 1 unspecified atom stereocenters. The molecule has 0 N–H and O–H groups in total. The molecule has 2 heteroatoms. The first kappa shape index (κ1) is 7.99. The molecule has 66 valence electrons. The molecular weight excluding hydrogens is 152 g/mol. The molecule has 0 amide bonds. The van der Waals surface area contributed by atoms with Crippen molar-refractivity contribution in [3.63, 3.8) is 0 Å². The van der Waals surface area contributed by atoms with E-state index in [-0.39, 0.29) is 17.5 Å². The predicted molar refractivity (Wildman–Crippen MR) is 45.9 cm³/mol. The maximum atomic E-state index is 11.6. The maximum absolute atomic E-state index is 11.6. The fourth-order valence-electron chi connectivity index (χ4n) is 1.91. The molecule has 0 aromatic heterocycles. The van der Waals surface area contributed by atoms with Gasteiger partial charge in [0.15, 0.2) is 5.78 Å². The van der Waals surface area contributed by atoms with Gasteiger partial charge in [-0.15, -0.1) is 0 Å². The Kier molecular flexibility index (Phi) is 1.46. The zero-order valence-electron chi connectivity index (χ0n) is 7.81. The third kappa shape index (κ3) is 0.944. The third-order valence-corrected chi connectivity index (χ3v) is 2.89. The highest BCUT2D eigenvalue weighted by Gasteiger charge is 2.59. The van der Waals surface area contributed by atoms with Gasteiger partial charge in [-0.2, -0.15) is 0 Å². The minimum Gasteiger partial charge on any atom is -0.358 e. The van der Waals surface area contributed by atoms with Gasteiger partial charge in [-0.3, -0.25) is 4.79 Å². The van der Waals surface area contributed by atoms with Gasteiger partial charge in [0.1, 0.15) is 11.7 Å². The zero-order chi connectivity index (χ0) is 8.93. The second-order valence-corrected chi connectivity index (χ2v) is 4.15. The first-order valence-corrected chi connectivity index (χ1v) is 4.43. The van der Waals surface area contributed by atoms with Gasteiger partial charge in [-0.25, -0.2) is 0 Å². The van der Waals surface area contributed by atoms with E-state index in [1.54, 1.807) is 0 Å². The summed E-state index contributed by atoms with van der Waals surface area (Å²) in [7, 11) is 0. The van der Waals surface area contributed by atoms with Crippen LogP contribution >= 0.6 is 0 Å². The average molecular weight is 166 g/mol. The van der Waals surface area contributed by atoms with Crippen LogP contribution in [0.25, 0.3) is 0 Å². The molecule has 0 radical (unpaired) electrons. The fourth-order valence-corrected chi connectivity index (χ4v) is 1.91.